The smallest absolute Gasteiger partial charge is 0.257 e. The van der Waals surface area contributed by atoms with Crippen LogP contribution in [0, 0.1) is 0 Å². The second kappa shape index (κ2) is 7.79. The number of carbonyl (C=O) groups is 2. The topological polar surface area (TPSA) is 89.6 Å². The zero-order valence-corrected chi connectivity index (χ0v) is 17.6. The van der Waals surface area contributed by atoms with Gasteiger partial charge in [-0.2, -0.15) is 0 Å². The van der Waals surface area contributed by atoms with Gasteiger partial charge in [0.25, 0.3) is 11.8 Å². The standard InChI is InChI=1S/C22H21N3O4S/c1-22(2,3)25-20(27)14-6-4-13(5-7-14)19(26)24-21-23-16(11-30-21)15-8-9-17-18(10-15)29-12-28-17/h4-11H,12H2,1-3H3,(H,25,27)(H,23,24,26). The number of rotatable bonds is 4. The average Bonchev–Trinajstić information content (AvgIpc) is 3.35. The van der Waals surface area contributed by atoms with Crippen LogP contribution in [-0.4, -0.2) is 29.1 Å². The van der Waals surface area contributed by atoms with Crippen molar-refractivity contribution in [2.75, 3.05) is 12.1 Å². The van der Waals surface area contributed by atoms with E-state index in [-0.39, 0.29) is 24.1 Å². The van der Waals surface area contributed by atoms with Crippen molar-refractivity contribution in [3.05, 3.63) is 59.0 Å². The zero-order valence-electron chi connectivity index (χ0n) is 16.8. The van der Waals surface area contributed by atoms with E-state index >= 15 is 0 Å². The predicted molar refractivity (Wildman–Crippen MR) is 115 cm³/mol. The fourth-order valence-electron chi connectivity index (χ4n) is 2.87. The molecular formula is C22H21N3O4S. The van der Waals surface area contributed by atoms with E-state index in [1.807, 2.05) is 44.4 Å². The van der Waals surface area contributed by atoms with E-state index in [0.29, 0.717) is 27.8 Å². The molecule has 0 radical (unpaired) electrons. The van der Waals surface area contributed by atoms with Gasteiger partial charge in [-0.15, -0.1) is 11.3 Å². The van der Waals surface area contributed by atoms with Crippen molar-refractivity contribution in [3.63, 3.8) is 0 Å². The summed E-state index contributed by atoms with van der Waals surface area (Å²) in [6, 6.07) is 12.1. The molecule has 154 valence electrons. The summed E-state index contributed by atoms with van der Waals surface area (Å²) in [5.74, 6) is 0.927. The maximum absolute atomic E-state index is 12.5. The lowest BCUT2D eigenvalue weighted by atomic mass is 10.1. The number of amides is 2. The van der Waals surface area contributed by atoms with Crippen molar-refractivity contribution in [2.24, 2.45) is 0 Å². The number of benzene rings is 2. The van der Waals surface area contributed by atoms with E-state index in [9.17, 15) is 9.59 Å². The summed E-state index contributed by atoms with van der Waals surface area (Å²) >= 11 is 1.34. The minimum atomic E-state index is -0.326. The van der Waals surface area contributed by atoms with Crippen LogP contribution in [0.15, 0.2) is 47.8 Å². The normalized spacial score (nSPS) is 12.5. The zero-order chi connectivity index (χ0) is 21.3. The number of anilines is 1. The molecule has 1 aliphatic heterocycles. The molecule has 0 fully saturated rings. The molecule has 30 heavy (non-hydrogen) atoms. The highest BCUT2D eigenvalue weighted by Gasteiger charge is 2.17. The van der Waals surface area contributed by atoms with Crippen LogP contribution in [0.25, 0.3) is 11.3 Å². The minimum Gasteiger partial charge on any atom is -0.454 e. The molecule has 0 aliphatic carbocycles. The van der Waals surface area contributed by atoms with Crippen molar-refractivity contribution in [2.45, 2.75) is 26.3 Å². The number of hydrogen-bond donors (Lipinski definition) is 2. The molecular weight excluding hydrogens is 402 g/mol. The molecule has 2 aromatic carbocycles. The van der Waals surface area contributed by atoms with Gasteiger partial charge in [-0.1, -0.05) is 0 Å². The Morgan fingerprint density at radius 2 is 1.63 bits per heavy atom. The Kier molecular flexibility index (Phi) is 5.17. The third-order valence-electron chi connectivity index (χ3n) is 4.29. The number of ether oxygens (including phenoxy) is 2. The van der Waals surface area contributed by atoms with Gasteiger partial charge in [0.2, 0.25) is 6.79 Å². The quantitative estimate of drug-likeness (QED) is 0.652. The van der Waals surface area contributed by atoms with Gasteiger partial charge in [0, 0.05) is 27.6 Å². The van der Waals surface area contributed by atoms with Gasteiger partial charge in [-0.25, -0.2) is 4.98 Å². The molecule has 8 heteroatoms. The first-order valence-electron chi connectivity index (χ1n) is 9.38. The molecule has 1 aromatic heterocycles. The second-order valence-corrected chi connectivity index (χ2v) is 8.70. The van der Waals surface area contributed by atoms with Crippen LogP contribution >= 0.6 is 11.3 Å². The van der Waals surface area contributed by atoms with Gasteiger partial charge >= 0.3 is 0 Å². The summed E-state index contributed by atoms with van der Waals surface area (Å²) in [6.45, 7) is 5.96. The van der Waals surface area contributed by atoms with Crippen molar-refractivity contribution < 1.29 is 19.1 Å². The lowest BCUT2D eigenvalue weighted by molar-refractivity contribution is 0.0918. The van der Waals surface area contributed by atoms with Gasteiger partial charge in [0.05, 0.1) is 5.69 Å². The maximum Gasteiger partial charge on any atom is 0.257 e. The molecule has 0 bridgehead atoms. The molecule has 0 atom stereocenters. The number of nitrogens with zero attached hydrogens (tertiary/aromatic N) is 1. The first-order valence-corrected chi connectivity index (χ1v) is 10.3. The molecule has 2 N–H and O–H groups in total. The summed E-state index contributed by atoms with van der Waals surface area (Å²) in [6.07, 6.45) is 0. The van der Waals surface area contributed by atoms with Crippen LogP contribution in [-0.2, 0) is 0 Å². The molecule has 0 saturated heterocycles. The highest BCUT2D eigenvalue weighted by atomic mass is 32.1. The lowest BCUT2D eigenvalue weighted by Gasteiger charge is -2.20. The van der Waals surface area contributed by atoms with E-state index in [2.05, 4.69) is 15.6 Å². The summed E-state index contributed by atoms with van der Waals surface area (Å²) < 4.78 is 10.7. The maximum atomic E-state index is 12.5. The Bertz CT molecular complexity index is 1100. The summed E-state index contributed by atoms with van der Waals surface area (Å²) in [4.78, 5) is 29.2. The number of nitrogens with one attached hydrogen (secondary N) is 2. The highest BCUT2D eigenvalue weighted by molar-refractivity contribution is 7.14. The van der Waals surface area contributed by atoms with Crippen molar-refractivity contribution in [1.82, 2.24) is 10.3 Å². The fourth-order valence-corrected chi connectivity index (χ4v) is 3.59. The Morgan fingerprint density at radius 1 is 0.967 bits per heavy atom. The van der Waals surface area contributed by atoms with Crippen LogP contribution in [0.4, 0.5) is 5.13 Å². The van der Waals surface area contributed by atoms with Crippen LogP contribution in [0.3, 0.4) is 0 Å². The van der Waals surface area contributed by atoms with Crippen LogP contribution in [0.5, 0.6) is 11.5 Å². The Labute approximate surface area is 178 Å². The molecule has 2 amide bonds. The van der Waals surface area contributed by atoms with Crippen LogP contribution < -0.4 is 20.1 Å². The predicted octanol–water partition coefficient (Wildman–Crippen LogP) is 4.32. The fraction of sp³-hybridized carbons (Fsp3) is 0.227. The van der Waals surface area contributed by atoms with Gasteiger partial charge < -0.3 is 14.8 Å². The third kappa shape index (κ3) is 4.44. The van der Waals surface area contributed by atoms with Crippen molar-refractivity contribution >= 4 is 28.3 Å². The monoisotopic (exact) mass is 423 g/mol. The van der Waals surface area contributed by atoms with Gasteiger partial charge in [0.15, 0.2) is 16.6 Å². The SMILES string of the molecule is CC(C)(C)NC(=O)c1ccc(C(=O)Nc2nc(-c3ccc4c(c3)OCO4)cs2)cc1. The summed E-state index contributed by atoms with van der Waals surface area (Å²) in [5, 5.41) is 8.05. The highest BCUT2D eigenvalue weighted by Crippen LogP contribution is 2.36. The average molecular weight is 423 g/mol. The first kappa shape index (κ1) is 19.9. The first-order chi connectivity index (χ1) is 14.3. The summed E-state index contributed by atoms with van der Waals surface area (Å²) in [7, 11) is 0. The number of fused-ring (bicyclic) bond motifs is 1. The minimum absolute atomic E-state index is 0.178. The molecule has 0 saturated carbocycles. The van der Waals surface area contributed by atoms with Gasteiger partial charge in [0.1, 0.15) is 0 Å². The van der Waals surface area contributed by atoms with Crippen molar-refractivity contribution in [3.8, 4) is 22.8 Å². The van der Waals surface area contributed by atoms with Gasteiger partial charge in [-0.3, -0.25) is 14.9 Å². The van der Waals surface area contributed by atoms with E-state index in [4.69, 9.17) is 9.47 Å². The third-order valence-corrected chi connectivity index (χ3v) is 5.05. The number of hydrogen-bond acceptors (Lipinski definition) is 6. The van der Waals surface area contributed by atoms with E-state index in [0.717, 1.165) is 11.3 Å². The summed E-state index contributed by atoms with van der Waals surface area (Å²) in [5.41, 5.74) is 2.24. The molecule has 1 aliphatic rings. The van der Waals surface area contributed by atoms with E-state index in [1.54, 1.807) is 24.3 Å². The molecule has 0 spiro atoms. The Morgan fingerprint density at radius 3 is 2.33 bits per heavy atom. The second-order valence-electron chi connectivity index (χ2n) is 7.84. The lowest BCUT2D eigenvalue weighted by Crippen LogP contribution is -2.40. The molecule has 2 heterocycles. The molecule has 7 nitrogen and oxygen atoms in total. The van der Waals surface area contributed by atoms with E-state index in [1.165, 1.54) is 11.3 Å². The van der Waals surface area contributed by atoms with Crippen molar-refractivity contribution in [1.29, 1.82) is 0 Å². The van der Waals surface area contributed by atoms with Crippen LogP contribution in [0.1, 0.15) is 41.5 Å². The number of thiazole rings is 1. The van der Waals surface area contributed by atoms with Crippen LogP contribution in [0.2, 0.25) is 0 Å². The number of aromatic nitrogens is 1. The van der Waals surface area contributed by atoms with E-state index < -0.39 is 0 Å². The molecule has 0 unspecified atom stereocenters. The molecule has 3 aromatic rings. The Balaban J connectivity index is 1.43. The van der Waals surface area contributed by atoms with Gasteiger partial charge in [-0.05, 0) is 63.2 Å². The largest absolute Gasteiger partial charge is 0.454 e. The molecule has 4 rings (SSSR count). The number of carbonyl (C=O) groups excluding carboxylic acids is 2. The Hall–Kier alpha value is -3.39.